The SMILES string of the molecule is CCC(CC)CC(CC)Cc1ccccc1OP(Oc1ccccc1CC(CC)CC(CC)CC)Oc1ccccc1CC(CC)CC(CC)CC. The fourth-order valence-electron chi connectivity index (χ4n) is 7.98. The Kier molecular flexibility index (Phi) is 20.9. The lowest BCUT2D eigenvalue weighted by molar-refractivity contribution is 0.334. The summed E-state index contributed by atoms with van der Waals surface area (Å²) >= 11 is 0. The average molecular weight is 731 g/mol. The van der Waals surface area contributed by atoms with Crippen LogP contribution in [0.4, 0.5) is 0 Å². The first kappa shape index (κ1) is 43.9. The molecule has 3 aromatic carbocycles. The van der Waals surface area contributed by atoms with Crippen LogP contribution in [0.5, 0.6) is 17.2 Å². The summed E-state index contributed by atoms with van der Waals surface area (Å²) < 4.78 is 20.8. The van der Waals surface area contributed by atoms with Crippen molar-refractivity contribution in [3.8, 4) is 17.2 Å². The van der Waals surface area contributed by atoms with Crippen LogP contribution in [0.3, 0.4) is 0 Å². The van der Waals surface area contributed by atoms with Crippen molar-refractivity contribution in [3.05, 3.63) is 89.5 Å². The molecule has 0 aliphatic rings. The Morgan fingerprint density at radius 3 is 0.808 bits per heavy atom. The van der Waals surface area contributed by atoms with Crippen molar-refractivity contribution in [1.29, 1.82) is 0 Å². The molecule has 0 aromatic heterocycles. The van der Waals surface area contributed by atoms with Gasteiger partial charge in [-0.25, -0.2) is 0 Å². The van der Waals surface area contributed by atoms with Gasteiger partial charge in [-0.05, 0) is 109 Å². The molecule has 3 aromatic rings. The van der Waals surface area contributed by atoms with Gasteiger partial charge in [0.1, 0.15) is 17.2 Å². The van der Waals surface area contributed by atoms with Crippen molar-refractivity contribution in [3.63, 3.8) is 0 Å². The highest BCUT2D eigenvalue weighted by atomic mass is 31.2. The predicted octanol–water partition coefficient (Wildman–Crippen LogP) is 15.6. The summed E-state index contributed by atoms with van der Waals surface area (Å²) in [5, 5.41) is 0. The average Bonchev–Trinajstić information content (AvgIpc) is 3.18. The maximum absolute atomic E-state index is 6.95. The Morgan fingerprint density at radius 2 is 0.577 bits per heavy atom. The van der Waals surface area contributed by atoms with Crippen molar-refractivity contribution >= 4 is 8.60 Å². The fourth-order valence-corrected chi connectivity index (χ4v) is 9.11. The number of para-hydroxylation sites is 3. The van der Waals surface area contributed by atoms with Crippen LogP contribution >= 0.6 is 8.60 Å². The Hall–Kier alpha value is -2.51. The standard InChI is InChI=1S/C48H75O3P/c1-10-37(11-2)31-40(16-7)34-43-25-19-22-28-46(43)49-52(50-47-29-23-20-26-44(47)35-41(17-8)32-38(12-3)13-4)51-48-30-24-21-27-45(48)36-42(18-9)33-39(14-5)15-6/h19-30,37-42H,10-18,31-36H2,1-9H3. The summed E-state index contributed by atoms with van der Waals surface area (Å²) in [5.74, 6) is 6.80. The molecule has 0 aliphatic heterocycles. The van der Waals surface area contributed by atoms with E-state index in [4.69, 9.17) is 13.6 Å². The monoisotopic (exact) mass is 731 g/mol. The lowest BCUT2D eigenvalue weighted by Gasteiger charge is -2.26. The molecule has 0 bridgehead atoms. The minimum Gasteiger partial charge on any atom is -0.408 e. The van der Waals surface area contributed by atoms with E-state index in [2.05, 4.69) is 135 Å². The number of rotatable bonds is 27. The van der Waals surface area contributed by atoms with Gasteiger partial charge in [-0.15, -0.1) is 0 Å². The summed E-state index contributed by atoms with van der Waals surface area (Å²) in [4.78, 5) is 0. The second kappa shape index (κ2) is 24.7. The largest absolute Gasteiger partial charge is 0.530 e. The highest BCUT2D eigenvalue weighted by Crippen LogP contribution is 2.46. The van der Waals surface area contributed by atoms with Crippen LogP contribution in [0, 0.1) is 35.5 Å². The highest BCUT2D eigenvalue weighted by molar-refractivity contribution is 7.43. The molecule has 0 amide bonds. The van der Waals surface area contributed by atoms with Crippen molar-refractivity contribution in [2.24, 2.45) is 35.5 Å². The molecule has 52 heavy (non-hydrogen) atoms. The van der Waals surface area contributed by atoms with Crippen molar-refractivity contribution < 1.29 is 13.6 Å². The number of hydrogen-bond acceptors (Lipinski definition) is 3. The predicted molar refractivity (Wildman–Crippen MR) is 227 cm³/mol. The van der Waals surface area contributed by atoms with E-state index in [1.807, 2.05) is 0 Å². The number of benzene rings is 3. The van der Waals surface area contributed by atoms with E-state index in [1.165, 1.54) is 93.7 Å². The Morgan fingerprint density at radius 1 is 0.346 bits per heavy atom. The van der Waals surface area contributed by atoms with Gasteiger partial charge >= 0.3 is 8.60 Å². The molecule has 0 N–H and O–H groups in total. The summed E-state index contributed by atoms with van der Waals surface area (Å²) in [6, 6.07) is 25.8. The van der Waals surface area contributed by atoms with Crippen LogP contribution in [-0.2, 0) is 19.3 Å². The van der Waals surface area contributed by atoms with Gasteiger partial charge in [0.2, 0.25) is 0 Å². The van der Waals surface area contributed by atoms with Gasteiger partial charge in [0.15, 0.2) is 0 Å². The third-order valence-corrected chi connectivity index (χ3v) is 13.2. The van der Waals surface area contributed by atoms with E-state index < -0.39 is 8.60 Å². The second-order valence-corrected chi connectivity index (χ2v) is 16.5. The first-order valence-corrected chi connectivity index (χ1v) is 22.5. The van der Waals surface area contributed by atoms with Crippen LogP contribution < -0.4 is 13.6 Å². The highest BCUT2D eigenvalue weighted by Gasteiger charge is 2.26. The molecule has 0 fully saturated rings. The summed E-state index contributed by atoms with van der Waals surface area (Å²) in [6.45, 7) is 21.0. The molecule has 3 nitrogen and oxygen atoms in total. The van der Waals surface area contributed by atoms with Crippen LogP contribution in [-0.4, -0.2) is 0 Å². The zero-order valence-corrected chi connectivity index (χ0v) is 35.6. The Balaban J connectivity index is 1.98. The van der Waals surface area contributed by atoms with Crippen LogP contribution in [0.1, 0.15) is 156 Å². The molecule has 0 aliphatic carbocycles. The van der Waals surface area contributed by atoms with E-state index in [0.29, 0.717) is 17.8 Å². The molecule has 0 saturated heterocycles. The fraction of sp³-hybridized carbons (Fsp3) is 0.625. The summed E-state index contributed by atoms with van der Waals surface area (Å²) in [7, 11) is -1.79. The van der Waals surface area contributed by atoms with E-state index in [1.54, 1.807) is 0 Å². The quantitative estimate of drug-likeness (QED) is 0.0731. The second-order valence-electron chi connectivity index (χ2n) is 15.5. The van der Waals surface area contributed by atoms with Gasteiger partial charge in [0.25, 0.3) is 0 Å². The Labute approximate surface area is 322 Å². The zero-order chi connectivity index (χ0) is 37.7. The van der Waals surface area contributed by atoms with Gasteiger partial charge in [-0.2, -0.15) is 0 Å². The number of hydrogen-bond donors (Lipinski definition) is 0. The van der Waals surface area contributed by atoms with Gasteiger partial charge < -0.3 is 13.6 Å². The molecule has 0 radical (unpaired) electrons. The zero-order valence-electron chi connectivity index (χ0n) is 34.7. The minimum atomic E-state index is -1.79. The van der Waals surface area contributed by atoms with Crippen molar-refractivity contribution in [2.75, 3.05) is 0 Å². The molecule has 0 heterocycles. The van der Waals surface area contributed by atoms with Crippen molar-refractivity contribution in [1.82, 2.24) is 0 Å². The third kappa shape index (κ3) is 14.4. The van der Waals surface area contributed by atoms with Gasteiger partial charge in [-0.1, -0.05) is 175 Å². The van der Waals surface area contributed by atoms with Gasteiger partial charge in [0, 0.05) is 0 Å². The molecule has 3 atom stereocenters. The van der Waals surface area contributed by atoms with Gasteiger partial charge in [-0.3, -0.25) is 0 Å². The normalized spacial score (nSPS) is 14.1. The van der Waals surface area contributed by atoms with Crippen LogP contribution in [0.15, 0.2) is 72.8 Å². The van der Waals surface area contributed by atoms with Crippen LogP contribution in [0.25, 0.3) is 0 Å². The lowest BCUT2D eigenvalue weighted by atomic mass is 9.85. The molecule has 3 rings (SSSR count). The maximum Gasteiger partial charge on any atom is 0.530 e. The maximum atomic E-state index is 6.95. The lowest BCUT2D eigenvalue weighted by Crippen LogP contribution is -2.13. The Bertz CT molecular complexity index is 1200. The minimum absolute atomic E-state index is 0.617. The summed E-state index contributed by atoms with van der Waals surface area (Å²) in [5.41, 5.74) is 3.73. The van der Waals surface area contributed by atoms with E-state index in [-0.39, 0.29) is 0 Å². The molecular formula is C48H75O3P. The molecule has 290 valence electrons. The van der Waals surface area contributed by atoms with Crippen molar-refractivity contribution in [2.45, 2.75) is 159 Å². The smallest absolute Gasteiger partial charge is 0.408 e. The molecule has 3 unspecified atom stereocenters. The molecular weight excluding hydrogens is 655 g/mol. The van der Waals surface area contributed by atoms with E-state index in [9.17, 15) is 0 Å². The van der Waals surface area contributed by atoms with E-state index >= 15 is 0 Å². The third-order valence-electron chi connectivity index (χ3n) is 12.2. The topological polar surface area (TPSA) is 27.7 Å². The van der Waals surface area contributed by atoms with Crippen LogP contribution in [0.2, 0.25) is 0 Å². The first-order valence-electron chi connectivity index (χ1n) is 21.4. The first-order chi connectivity index (χ1) is 25.3. The molecule has 4 heteroatoms. The van der Waals surface area contributed by atoms with E-state index in [0.717, 1.165) is 54.3 Å². The molecule has 0 spiro atoms. The molecule has 0 saturated carbocycles. The summed E-state index contributed by atoms with van der Waals surface area (Å²) in [6.07, 6.45) is 17.7. The van der Waals surface area contributed by atoms with Gasteiger partial charge in [0.05, 0.1) is 0 Å².